The molecule has 0 unspecified atom stereocenters. The van der Waals surface area contributed by atoms with Gasteiger partial charge in [0.25, 0.3) is 0 Å². The first-order valence-electron chi connectivity index (χ1n) is 4.47. The molecular formula is C8H16ClN3O2. The Bertz CT molecular complexity index is 203. The van der Waals surface area contributed by atoms with Crippen LogP contribution in [0.25, 0.3) is 0 Å². The second-order valence-electron chi connectivity index (χ2n) is 3.13. The number of rotatable bonds is 2. The average Bonchev–Trinajstić information content (AvgIpc) is 2.29. The van der Waals surface area contributed by atoms with E-state index in [9.17, 15) is 9.59 Å². The Kier molecular flexibility index (Phi) is 6.23. The average molecular weight is 222 g/mol. The lowest BCUT2D eigenvalue weighted by atomic mass is 10.3. The highest BCUT2D eigenvalue weighted by Gasteiger charge is 2.16. The number of nitrogens with two attached hydrogens (primary N) is 1. The Hall–Kier alpha value is -0.810. The number of hydrogen-bond donors (Lipinski definition) is 2. The summed E-state index contributed by atoms with van der Waals surface area (Å²) >= 11 is 0. The fourth-order valence-corrected chi connectivity index (χ4v) is 1.36. The highest BCUT2D eigenvalue weighted by molar-refractivity contribution is 5.96. The minimum Gasteiger partial charge on any atom is -0.369 e. The van der Waals surface area contributed by atoms with E-state index in [-0.39, 0.29) is 24.7 Å². The van der Waals surface area contributed by atoms with Crippen molar-refractivity contribution >= 4 is 24.2 Å². The molecule has 0 bridgehead atoms. The predicted octanol–water partition coefficient (Wildman–Crippen LogP) is -0.894. The summed E-state index contributed by atoms with van der Waals surface area (Å²) in [4.78, 5) is 23.5. The fraction of sp³-hybridized carbons (Fsp3) is 0.750. The van der Waals surface area contributed by atoms with Crippen LogP contribution in [-0.4, -0.2) is 42.9 Å². The van der Waals surface area contributed by atoms with Crippen molar-refractivity contribution in [2.75, 3.05) is 26.2 Å². The van der Waals surface area contributed by atoms with Crippen LogP contribution in [0.15, 0.2) is 0 Å². The fourth-order valence-electron chi connectivity index (χ4n) is 1.36. The Labute approximate surface area is 89.4 Å². The maximum atomic E-state index is 11.4. The van der Waals surface area contributed by atoms with Crippen molar-refractivity contribution in [1.29, 1.82) is 0 Å². The van der Waals surface area contributed by atoms with Crippen LogP contribution in [-0.2, 0) is 9.59 Å². The van der Waals surface area contributed by atoms with Crippen LogP contribution in [0.3, 0.4) is 0 Å². The van der Waals surface area contributed by atoms with Gasteiger partial charge in [-0.25, -0.2) is 0 Å². The molecule has 5 nitrogen and oxygen atoms in total. The SMILES string of the molecule is Cl.NC(=O)CC(=O)N1CCCNCC1. The van der Waals surface area contributed by atoms with Crippen molar-refractivity contribution in [3.63, 3.8) is 0 Å². The first kappa shape index (κ1) is 13.2. The van der Waals surface area contributed by atoms with Gasteiger partial charge in [-0.05, 0) is 13.0 Å². The third-order valence-electron chi connectivity index (χ3n) is 2.02. The molecule has 1 aliphatic heterocycles. The first-order chi connectivity index (χ1) is 6.20. The molecular weight excluding hydrogens is 206 g/mol. The molecule has 1 aliphatic rings. The highest BCUT2D eigenvalue weighted by atomic mass is 35.5. The van der Waals surface area contributed by atoms with Crippen LogP contribution in [0.2, 0.25) is 0 Å². The quantitative estimate of drug-likeness (QED) is 0.594. The van der Waals surface area contributed by atoms with Crippen LogP contribution in [0.5, 0.6) is 0 Å². The minimum absolute atomic E-state index is 0. The van der Waals surface area contributed by atoms with Crippen molar-refractivity contribution < 1.29 is 9.59 Å². The maximum absolute atomic E-state index is 11.4. The second-order valence-corrected chi connectivity index (χ2v) is 3.13. The van der Waals surface area contributed by atoms with Gasteiger partial charge in [0.1, 0.15) is 6.42 Å². The molecule has 6 heteroatoms. The molecule has 0 atom stereocenters. The molecule has 1 heterocycles. The topological polar surface area (TPSA) is 75.4 Å². The molecule has 14 heavy (non-hydrogen) atoms. The maximum Gasteiger partial charge on any atom is 0.232 e. The van der Waals surface area contributed by atoms with E-state index in [1.165, 1.54) is 0 Å². The first-order valence-corrected chi connectivity index (χ1v) is 4.47. The Balaban J connectivity index is 0.00000169. The molecule has 0 spiro atoms. The zero-order valence-corrected chi connectivity index (χ0v) is 8.81. The normalized spacial score (nSPS) is 16.7. The standard InChI is InChI=1S/C8H15N3O2.ClH/c9-7(12)6-8(13)11-4-1-2-10-3-5-11;/h10H,1-6H2,(H2,9,12);1H. The van der Waals surface area contributed by atoms with E-state index in [0.29, 0.717) is 6.54 Å². The lowest BCUT2D eigenvalue weighted by Crippen LogP contribution is -2.36. The summed E-state index contributed by atoms with van der Waals surface area (Å²) in [5, 5.41) is 3.18. The Morgan fingerprint density at radius 3 is 2.64 bits per heavy atom. The number of amides is 2. The summed E-state index contributed by atoms with van der Waals surface area (Å²) in [7, 11) is 0. The third-order valence-corrected chi connectivity index (χ3v) is 2.02. The van der Waals surface area contributed by atoms with Gasteiger partial charge < -0.3 is 16.0 Å². The van der Waals surface area contributed by atoms with Crippen LogP contribution in [0.1, 0.15) is 12.8 Å². The number of halogens is 1. The van der Waals surface area contributed by atoms with E-state index in [0.717, 1.165) is 26.1 Å². The number of nitrogens with zero attached hydrogens (tertiary/aromatic N) is 1. The Morgan fingerprint density at radius 2 is 2.00 bits per heavy atom. The molecule has 2 amide bonds. The van der Waals surface area contributed by atoms with Crippen molar-refractivity contribution in [2.45, 2.75) is 12.8 Å². The second kappa shape index (κ2) is 6.62. The summed E-state index contributed by atoms with van der Waals surface area (Å²) in [6.07, 6.45) is 0.768. The van der Waals surface area contributed by atoms with Crippen LogP contribution in [0, 0.1) is 0 Å². The molecule has 0 aliphatic carbocycles. The number of hydrogen-bond acceptors (Lipinski definition) is 3. The molecule has 1 saturated heterocycles. The molecule has 1 rings (SSSR count). The van der Waals surface area contributed by atoms with E-state index in [1.54, 1.807) is 4.90 Å². The van der Waals surface area contributed by atoms with Gasteiger partial charge in [-0.1, -0.05) is 0 Å². The third kappa shape index (κ3) is 4.43. The number of primary amides is 1. The van der Waals surface area contributed by atoms with Gasteiger partial charge in [0.2, 0.25) is 11.8 Å². The highest BCUT2D eigenvalue weighted by Crippen LogP contribution is 1.98. The van der Waals surface area contributed by atoms with Crippen LogP contribution < -0.4 is 11.1 Å². The van der Waals surface area contributed by atoms with Gasteiger partial charge in [0.05, 0.1) is 0 Å². The molecule has 3 N–H and O–H groups in total. The van der Waals surface area contributed by atoms with E-state index < -0.39 is 5.91 Å². The van der Waals surface area contributed by atoms with Gasteiger partial charge in [0.15, 0.2) is 0 Å². The predicted molar refractivity (Wildman–Crippen MR) is 55.1 cm³/mol. The molecule has 1 fully saturated rings. The molecule has 0 aromatic rings. The monoisotopic (exact) mass is 221 g/mol. The van der Waals surface area contributed by atoms with Gasteiger partial charge in [-0.3, -0.25) is 9.59 Å². The van der Waals surface area contributed by atoms with E-state index in [1.807, 2.05) is 0 Å². The van der Waals surface area contributed by atoms with Gasteiger partial charge in [-0.15, -0.1) is 12.4 Å². The van der Waals surface area contributed by atoms with Crippen molar-refractivity contribution in [1.82, 2.24) is 10.2 Å². The number of nitrogens with one attached hydrogen (secondary N) is 1. The zero-order chi connectivity index (χ0) is 9.68. The number of carbonyl (C=O) groups excluding carboxylic acids is 2. The number of carbonyl (C=O) groups is 2. The van der Waals surface area contributed by atoms with Gasteiger partial charge in [-0.2, -0.15) is 0 Å². The molecule has 82 valence electrons. The smallest absolute Gasteiger partial charge is 0.232 e. The zero-order valence-electron chi connectivity index (χ0n) is 7.99. The Morgan fingerprint density at radius 1 is 1.29 bits per heavy atom. The van der Waals surface area contributed by atoms with E-state index in [4.69, 9.17) is 5.73 Å². The summed E-state index contributed by atoms with van der Waals surface area (Å²) in [6.45, 7) is 3.12. The van der Waals surface area contributed by atoms with Gasteiger partial charge >= 0.3 is 0 Å². The molecule has 0 aromatic carbocycles. The molecule has 0 saturated carbocycles. The largest absolute Gasteiger partial charge is 0.369 e. The van der Waals surface area contributed by atoms with Gasteiger partial charge in [0, 0.05) is 19.6 Å². The summed E-state index contributed by atoms with van der Waals surface area (Å²) in [5.74, 6) is -0.710. The van der Waals surface area contributed by atoms with E-state index >= 15 is 0 Å². The van der Waals surface area contributed by atoms with E-state index in [2.05, 4.69) is 5.32 Å². The van der Waals surface area contributed by atoms with Crippen LogP contribution >= 0.6 is 12.4 Å². The van der Waals surface area contributed by atoms with Crippen molar-refractivity contribution in [2.24, 2.45) is 5.73 Å². The summed E-state index contributed by atoms with van der Waals surface area (Å²) in [5.41, 5.74) is 4.94. The summed E-state index contributed by atoms with van der Waals surface area (Å²) in [6, 6.07) is 0. The lowest BCUT2D eigenvalue weighted by molar-refractivity contribution is -0.134. The van der Waals surface area contributed by atoms with Crippen LogP contribution in [0.4, 0.5) is 0 Å². The van der Waals surface area contributed by atoms with Crippen molar-refractivity contribution in [3.8, 4) is 0 Å². The minimum atomic E-state index is -0.554. The van der Waals surface area contributed by atoms with Crippen molar-refractivity contribution in [3.05, 3.63) is 0 Å². The summed E-state index contributed by atoms with van der Waals surface area (Å²) < 4.78 is 0. The molecule has 0 radical (unpaired) electrons. The lowest BCUT2D eigenvalue weighted by Gasteiger charge is -2.18. The molecule has 0 aromatic heterocycles.